The van der Waals surface area contributed by atoms with Crippen molar-refractivity contribution in [3.63, 3.8) is 0 Å². The van der Waals surface area contributed by atoms with E-state index in [-0.39, 0.29) is 6.03 Å². The van der Waals surface area contributed by atoms with Crippen LogP contribution in [0.3, 0.4) is 0 Å². The van der Waals surface area contributed by atoms with E-state index in [1.165, 1.54) is 5.75 Å². The number of urea groups is 1. The first-order chi connectivity index (χ1) is 7.25. The van der Waals surface area contributed by atoms with Gasteiger partial charge in [0.2, 0.25) is 0 Å². The average molecular weight is 228 g/mol. The summed E-state index contributed by atoms with van der Waals surface area (Å²) in [5.41, 5.74) is 0. The van der Waals surface area contributed by atoms with Crippen LogP contribution in [0, 0.1) is 5.92 Å². The fraction of sp³-hybridized carbons (Fsp3) is 0.909. The van der Waals surface area contributed by atoms with Gasteiger partial charge in [-0.1, -0.05) is 6.92 Å². The average Bonchev–Trinajstić information content (AvgIpc) is 2.71. The van der Waals surface area contributed by atoms with Crippen LogP contribution in [0.4, 0.5) is 4.79 Å². The molecule has 2 amide bonds. The molecule has 2 aliphatic heterocycles. The molecule has 4 heteroatoms. The molecule has 2 saturated heterocycles. The van der Waals surface area contributed by atoms with Gasteiger partial charge in [-0.25, -0.2) is 4.79 Å². The van der Waals surface area contributed by atoms with Crippen molar-refractivity contribution < 1.29 is 4.79 Å². The summed E-state index contributed by atoms with van der Waals surface area (Å²) in [4.78, 5) is 13.8. The van der Waals surface area contributed by atoms with E-state index in [0.717, 1.165) is 44.0 Å². The summed E-state index contributed by atoms with van der Waals surface area (Å²) in [6.45, 7) is 4.14. The molecule has 0 radical (unpaired) electrons. The van der Waals surface area contributed by atoms with Crippen molar-refractivity contribution in [3.8, 4) is 0 Å². The third-order valence-electron chi connectivity index (χ3n) is 3.33. The Bertz CT molecular complexity index is 221. The maximum Gasteiger partial charge on any atom is 0.317 e. The predicted molar refractivity (Wildman–Crippen MR) is 64.2 cm³/mol. The van der Waals surface area contributed by atoms with E-state index in [1.807, 2.05) is 16.7 Å². The molecule has 1 unspecified atom stereocenters. The fourth-order valence-corrected chi connectivity index (χ4v) is 3.28. The molecule has 2 fully saturated rings. The molecule has 1 atom stereocenters. The number of hydrogen-bond acceptors (Lipinski definition) is 2. The number of nitrogens with zero attached hydrogens (tertiary/aromatic N) is 1. The van der Waals surface area contributed by atoms with E-state index in [4.69, 9.17) is 0 Å². The highest BCUT2D eigenvalue weighted by molar-refractivity contribution is 7.99. The third kappa shape index (κ3) is 3.03. The molecule has 3 nitrogen and oxygen atoms in total. The van der Waals surface area contributed by atoms with Crippen LogP contribution in [0.15, 0.2) is 0 Å². The van der Waals surface area contributed by atoms with E-state index in [1.54, 1.807) is 0 Å². The van der Waals surface area contributed by atoms with Gasteiger partial charge in [0.05, 0.1) is 0 Å². The third-order valence-corrected chi connectivity index (χ3v) is 4.49. The number of hydrogen-bond donors (Lipinski definition) is 1. The molecule has 86 valence electrons. The molecule has 0 aliphatic carbocycles. The minimum absolute atomic E-state index is 0.161. The van der Waals surface area contributed by atoms with Crippen molar-refractivity contribution >= 4 is 17.8 Å². The molecule has 0 aromatic heterocycles. The second kappa shape index (κ2) is 5.10. The molecular weight excluding hydrogens is 208 g/mol. The number of rotatable bonds is 1. The van der Waals surface area contributed by atoms with E-state index in [2.05, 4.69) is 12.2 Å². The van der Waals surface area contributed by atoms with Crippen LogP contribution in [0.5, 0.6) is 0 Å². The molecule has 0 aromatic rings. The Labute approximate surface area is 96.0 Å². The molecule has 2 heterocycles. The van der Waals surface area contributed by atoms with Crippen LogP contribution in [0.2, 0.25) is 0 Å². The Morgan fingerprint density at radius 3 is 2.67 bits per heavy atom. The molecule has 2 aliphatic rings. The van der Waals surface area contributed by atoms with Crippen molar-refractivity contribution in [2.75, 3.05) is 24.6 Å². The van der Waals surface area contributed by atoms with Crippen LogP contribution >= 0.6 is 11.8 Å². The largest absolute Gasteiger partial charge is 0.334 e. The highest BCUT2D eigenvalue weighted by Gasteiger charge is 2.23. The molecule has 15 heavy (non-hydrogen) atoms. The van der Waals surface area contributed by atoms with E-state index < -0.39 is 0 Å². The summed E-state index contributed by atoms with van der Waals surface area (Å²) in [7, 11) is 0. The number of carbonyl (C=O) groups excluding carboxylic acids is 1. The van der Waals surface area contributed by atoms with E-state index in [0.29, 0.717) is 6.04 Å². The Kier molecular flexibility index (Phi) is 3.78. The smallest absolute Gasteiger partial charge is 0.317 e. The summed E-state index contributed by atoms with van der Waals surface area (Å²) in [6.07, 6.45) is 3.46. The predicted octanol–water partition coefficient (Wildman–Crippen LogP) is 1.93. The zero-order chi connectivity index (χ0) is 10.7. The second-order valence-corrected chi connectivity index (χ2v) is 5.83. The maximum absolute atomic E-state index is 11.9. The van der Waals surface area contributed by atoms with Gasteiger partial charge in [0.15, 0.2) is 0 Å². The van der Waals surface area contributed by atoms with Gasteiger partial charge in [0.1, 0.15) is 0 Å². The summed E-state index contributed by atoms with van der Waals surface area (Å²) in [5.74, 6) is 3.08. The van der Waals surface area contributed by atoms with Gasteiger partial charge >= 0.3 is 6.03 Å². The molecule has 0 aromatic carbocycles. The fourth-order valence-electron chi connectivity index (χ4n) is 2.13. The van der Waals surface area contributed by atoms with Crippen LogP contribution in [0.1, 0.15) is 26.2 Å². The van der Waals surface area contributed by atoms with Crippen molar-refractivity contribution in [3.05, 3.63) is 0 Å². The molecule has 0 spiro atoms. The number of thioether (sulfide) groups is 1. The van der Waals surface area contributed by atoms with Crippen LogP contribution in [0.25, 0.3) is 0 Å². The first-order valence-corrected chi connectivity index (χ1v) is 7.04. The number of nitrogens with one attached hydrogen (secondary N) is 1. The summed E-state index contributed by atoms with van der Waals surface area (Å²) in [5, 5.41) is 3.13. The lowest BCUT2D eigenvalue weighted by molar-refractivity contribution is 0.171. The lowest BCUT2D eigenvalue weighted by atomic mass is 10.00. The van der Waals surface area contributed by atoms with Gasteiger partial charge in [-0.05, 0) is 30.9 Å². The SMILES string of the molecule is CC1CCN(C(=O)NC2CCSC2)CC1. The summed E-state index contributed by atoms with van der Waals surface area (Å²) >= 11 is 1.94. The number of piperidine rings is 1. The number of amides is 2. The molecular formula is C11H20N2OS. The maximum atomic E-state index is 11.9. The van der Waals surface area contributed by atoms with Crippen LogP contribution in [-0.2, 0) is 0 Å². The first kappa shape index (κ1) is 11.1. The number of carbonyl (C=O) groups is 1. The van der Waals surface area contributed by atoms with Gasteiger partial charge in [-0.2, -0.15) is 11.8 Å². The van der Waals surface area contributed by atoms with Crippen LogP contribution < -0.4 is 5.32 Å². The van der Waals surface area contributed by atoms with Gasteiger partial charge in [-0.3, -0.25) is 0 Å². The monoisotopic (exact) mass is 228 g/mol. The van der Waals surface area contributed by atoms with Gasteiger partial charge in [0.25, 0.3) is 0 Å². The second-order valence-electron chi connectivity index (χ2n) is 4.68. The Hall–Kier alpha value is -0.380. The zero-order valence-electron chi connectivity index (χ0n) is 9.37. The van der Waals surface area contributed by atoms with Crippen molar-refractivity contribution in [2.45, 2.75) is 32.2 Å². The van der Waals surface area contributed by atoms with Crippen molar-refractivity contribution in [1.82, 2.24) is 10.2 Å². The highest BCUT2D eigenvalue weighted by atomic mass is 32.2. The lowest BCUT2D eigenvalue weighted by Crippen LogP contribution is -2.47. The van der Waals surface area contributed by atoms with Crippen molar-refractivity contribution in [1.29, 1.82) is 0 Å². The van der Waals surface area contributed by atoms with Gasteiger partial charge in [0, 0.05) is 24.9 Å². The molecule has 2 rings (SSSR count). The normalized spacial score (nSPS) is 28.1. The number of likely N-dealkylation sites (tertiary alicyclic amines) is 1. The van der Waals surface area contributed by atoms with Gasteiger partial charge < -0.3 is 10.2 Å². The first-order valence-electron chi connectivity index (χ1n) is 5.89. The quantitative estimate of drug-likeness (QED) is 0.744. The standard InChI is InChI=1S/C11H20N2OS/c1-9-2-5-13(6-3-9)11(14)12-10-4-7-15-8-10/h9-10H,2-8H2,1H3,(H,12,14). The highest BCUT2D eigenvalue weighted by Crippen LogP contribution is 2.19. The Morgan fingerprint density at radius 1 is 1.33 bits per heavy atom. The lowest BCUT2D eigenvalue weighted by Gasteiger charge is -2.31. The summed E-state index contributed by atoms with van der Waals surface area (Å²) in [6, 6.07) is 0.580. The topological polar surface area (TPSA) is 32.3 Å². The molecule has 0 bridgehead atoms. The minimum atomic E-state index is 0.161. The van der Waals surface area contributed by atoms with Crippen LogP contribution in [-0.4, -0.2) is 41.6 Å². The van der Waals surface area contributed by atoms with E-state index >= 15 is 0 Å². The minimum Gasteiger partial charge on any atom is -0.334 e. The Morgan fingerprint density at radius 2 is 2.07 bits per heavy atom. The molecule has 0 saturated carbocycles. The zero-order valence-corrected chi connectivity index (χ0v) is 10.2. The summed E-state index contributed by atoms with van der Waals surface area (Å²) < 4.78 is 0. The molecule has 1 N–H and O–H groups in total. The van der Waals surface area contributed by atoms with E-state index in [9.17, 15) is 4.79 Å². The Balaban J connectivity index is 1.75. The van der Waals surface area contributed by atoms with Crippen molar-refractivity contribution in [2.24, 2.45) is 5.92 Å². The van der Waals surface area contributed by atoms with Gasteiger partial charge in [-0.15, -0.1) is 0 Å².